The molecule has 106 valence electrons. The highest BCUT2D eigenvalue weighted by Gasteiger charge is 2.12. The van der Waals surface area contributed by atoms with E-state index in [4.69, 9.17) is 16.3 Å². The SMILES string of the molecule is CO/C=C/c1cc2c(Cl)nc(C)cc2n1-c1ccccc1. The molecule has 3 aromatic rings. The summed E-state index contributed by atoms with van der Waals surface area (Å²) in [5.74, 6) is 0. The molecule has 21 heavy (non-hydrogen) atoms. The predicted molar refractivity (Wildman–Crippen MR) is 86.9 cm³/mol. The van der Waals surface area contributed by atoms with E-state index in [1.165, 1.54) is 0 Å². The maximum atomic E-state index is 6.29. The minimum atomic E-state index is 0.520. The number of ether oxygens (including phenoxy) is 1. The van der Waals surface area contributed by atoms with Gasteiger partial charge in [-0.05, 0) is 37.3 Å². The Morgan fingerprint density at radius 1 is 1.19 bits per heavy atom. The van der Waals surface area contributed by atoms with Gasteiger partial charge in [0.15, 0.2) is 0 Å². The lowest BCUT2D eigenvalue weighted by molar-refractivity contribution is 0.341. The summed E-state index contributed by atoms with van der Waals surface area (Å²) in [6.45, 7) is 1.94. The van der Waals surface area contributed by atoms with Gasteiger partial charge in [-0.3, -0.25) is 0 Å². The molecule has 0 spiro atoms. The summed E-state index contributed by atoms with van der Waals surface area (Å²) >= 11 is 6.29. The highest BCUT2D eigenvalue weighted by atomic mass is 35.5. The fourth-order valence-corrected chi connectivity index (χ4v) is 2.71. The first kappa shape index (κ1) is 13.7. The van der Waals surface area contributed by atoms with Crippen LogP contribution in [-0.4, -0.2) is 16.7 Å². The monoisotopic (exact) mass is 298 g/mol. The van der Waals surface area contributed by atoms with Crippen molar-refractivity contribution >= 4 is 28.6 Å². The van der Waals surface area contributed by atoms with Crippen molar-refractivity contribution in [3.63, 3.8) is 0 Å². The maximum Gasteiger partial charge on any atom is 0.138 e. The number of hydrogen-bond acceptors (Lipinski definition) is 2. The molecule has 2 heterocycles. The van der Waals surface area contributed by atoms with Gasteiger partial charge in [-0.2, -0.15) is 0 Å². The largest absolute Gasteiger partial charge is 0.504 e. The van der Waals surface area contributed by atoms with Gasteiger partial charge in [0.1, 0.15) is 5.15 Å². The van der Waals surface area contributed by atoms with Crippen LogP contribution in [0.1, 0.15) is 11.4 Å². The van der Waals surface area contributed by atoms with E-state index in [0.717, 1.165) is 28.0 Å². The molecule has 1 aromatic carbocycles. The lowest BCUT2D eigenvalue weighted by atomic mass is 10.2. The van der Waals surface area contributed by atoms with Crippen molar-refractivity contribution in [2.45, 2.75) is 6.92 Å². The average molecular weight is 299 g/mol. The smallest absolute Gasteiger partial charge is 0.138 e. The average Bonchev–Trinajstić information content (AvgIpc) is 2.84. The summed E-state index contributed by atoms with van der Waals surface area (Å²) in [6.07, 6.45) is 3.57. The Morgan fingerprint density at radius 3 is 2.67 bits per heavy atom. The molecule has 0 fully saturated rings. The first-order valence-corrected chi connectivity index (χ1v) is 7.02. The minimum absolute atomic E-state index is 0.520. The van der Waals surface area contributed by atoms with Crippen LogP contribution in [0.4, 0.5) is 0 Å². The number of aromatic nitrogens is 2. The van der Waals surface area contributed by atoms with Gasteiger partial charge in [0.05, 0.1) is 18.9 Å². The molecule has 0 radical (unpaired) electrons. The van der Waals surface area contributed by atoms with E-state index in [2.05, 4.69) is 21.7 Å². The standard InChI is InChI=1S/C17H15ClN2O/c1-12-10-16-15(17(18)19-12)11-14(8-9-21-2)20(16)13-6-4-3-5-7-13/h3-11H,1-2H3/b9-8+. The molecular weight excluding hydrogens is 284 g/mol. The van der Waals surface area contributed by atoms with E-state index in [1.807, 2.05) is 43.3 Å². The normalized spacial score (nSPS) is 11.4. The topological polar surface area (TPSA) is 27.1 Å². The molecule has 0 atom stereocenters. The van der Waals surface area contributed by atoms with E-state index in [-0.39, 0.29) is 0 Å². The summed E-state index contributed by atoms with van der Waals surface area (Å²) in [5.41, 5.74) is 4.00. The van der Waals surface area contributed by atoms with Crippen LogP contribution in [0.25, 0.3) is 22.7 Å². The summed E-state index contributed by atoms with van der Waals surface area (Å²) in [5, 5.41) is 1.45. The van der Waals surface area contributed by atoms with E-state index in [1.54, 1.807) is 13.4 Å². The first-order valence-electron chi connectivity index (χ1n) is 6.64. The summed E-state index contributed by atoms with van der Waals surface area (Å²) in [7, 11) is 1.63. The van der Waals surface area contributed by atoms with Crippen LogP contribution in [0.5, 0.6) is 0 Å². The molecular formula is C17H15ClN2O. The van der Waals surface area contributed by atoms with Crippen LogP contribution in [0.3, 0.4) is 0 Å². The Bertz CT molecular complexity index is 807. The third-order valence-electron chi connectivity index (χ3n) is 3.30. The van der Waals surface area contributed by atoms with Gasteiger partial charge in [0.2, 0.25) is 0 Å². The van der Waals surface area contributed by atoms with Crippen molar-refractivity contribution < 1.29 is 4.74 Å². The Balaban J connectivity index is 2.35. The third kappa shape index (κ3) is 2.52. The molecule has 3 rings (SSSR count). The molecule has 4 heteroatoms. The van der Waals surface area contributed by atoms with Crippen molar-refractivity contribution in [2.75, 3.05) is 7.11 Å². The lowest BCUT2D eigenvalue weighted by Gasteiger charge is -2.09. The summed E-state index contributed by atoms with van der Waals surface area (Å²) < 4.78 is 7.19. The summed E-state index contributed by atoms with van der Waals surface area (Å²) in [4.78, 5) is 4.33. The Hall–Kier alpha value is -2.26. The van der Waals surface area contributed by atoms with Gasteiger partial charge in [0.25, 0.3) is 0 Å². The van der Waals surface area contributed by atoms with E-state index in [0.29, 0.717) is 5.15 Å². The lowest BCUT2D eigenvalue weighted by Crippen LogP contribution is -1.96. The maximum absolute atomic E-state index is 6.29. The number of pyridine rings is 1. The quantitative estimate of drug-likeness (QED) is 0.522. The van der Waals surface area contributed by atoms with Crippen LogP contribution < -0.4 is 0 Å². The number of aryl methyl sites for hydroxylation is 1. The van der Waals surface area contributed by atoms with Gasteiger partial charge in [-0.15, -0.1) is 0 Å². The molecule has 0 N–H and O–H groups in total. The number of methoxy groups -OCH3 is 1. The zero-order chi connectivity index (χ0) is 14.8. The molecule has 0 saturated carbocycles. The first-order chi connectivity index (χ1) is 10.2. The minimum Gasteiger partial charge on any atom is -0.504 e. The number of nitrogens with zero attached hydrogens (tertiary/aromatic N) is 2. The highest BCUT2D eigenvalue weighted by molar-refractivity contribution is 6.34. The van der Waals surface area contributed by atoms with Crippen LogP contribution in [0.15, 0.2) is 48.7 Å². The Kier molecular flexibility index (Phi) is 3.67. The number of fused-ring (bicyclic) bond motifs is 1. The second-order valence-electron chi connectivity index (χ2n) is 4.77. The van der Waals surface area contributed by atoms with E-state index >= 15 is 0 Å². The fraction of sp³-hybridized carbons (Fsp3) is 0.118. The fourth-order valence-electron chi connectivity index (χ4n) is 2.42. The van der Waals surface area contributed by atoms with Gasteiger partial charge < -0.3 is 9.30 Å². The number of halogens is 1. The number of hydrogen-bond donors (Lipinski definition) is 0. The van der Waals surface area contributed by atoms with Crippen molar-refractivity contribution in [1.82, 2.24) is 9.55 Å². The molecule has 0 aliphatic heterocycles. The van der Waals surface area contributed by atoms with Crippen molar-refractivity contribution in [3.8, 4) is 5.69 Å². The van der Waals surface area contributed by atoms with Crippen molar-refractivity contribution in [3.05, 3.63) is 65.3 Å². The Morgan fingerprint density at radius 2 is 1.95 bits per heavy atom. The zero-order valence-corrected chi connectivity index (χ0v) is 12.6. The third-order valence-corrected chi connectivity index (χ3v) is 3.59. The van der Waals surface area contributed by atoms with Gasteiger partial charge in [-0.1, -0.05) is 29.8 Å². The van der Waals surface area contributed by atoms with Crippen molar-refractivity contribution in [2.24, 2.45) is 0 Å². The van der Waals surface area contributed by atoms with Gasteiger partial charge in [0, 0.05) is 22.5 Å². The van der Waals surface area contributed by atoms with Crippen molar-refractivity contribution in [1.29, 1.82) is 0 Å². The number of para-hydroxylation sites is 1. The zero-order valence-electron chi connectivity index (χ0n) is 11.9. The Labute approximate surface area is 128 Å². The predicted octanol–water partition coefficient (Wildman–Crippen LogP) is 4.60. The van der Waals surface area contributed by atoms with E-state index in [9.17, 15) is 0 Å². The molecule has 0 aliphatic carbocycles. The second-order valence-corrected chi connectivity index (χ2v) is 5.12. The van der Waals surface area contributed by atoms with Crippen LogP contribution in [-0.2, 0) is 4.74 Å². The molecule has 2 aromatic heterocycles. The second kappa shape index (κ2) is 5.62. The molecule has 0 unspecified atom stereocenters. The molecule has 3 nitrogen and oxygen atoms in total. The molecule has 0 saturated heterocycles. The summed E-state index contributed by atoms with van der Waals surface area (Å²) in [6, 6.07) is 14.2. The molecule has 0 aliphatic rings. The molecule has 0 bridgehead atoms. The van der Waals surface area contributed by atoms with Gasteiger partial charge >= 0.3 is 0 Å². The highest BCUT2D eigenvalue weighted by Crippen LogP contribution is 2.30. The number of rotatable bonds is 3. The number of benzene rings is 1. The van der Waals surface area contributed by atoms with Crippen LogP contribution in [0, 0.1) is 6.92 Å². The van der Waals surface area contributed by atoms with Crippen LogP contribution >= 0.6 is 11.6 Å². The van der Waals surface area contributed by atoms with E-state index < -0.39 is 0 Å². The van der Waals surface area contributed by atoms with Crippen LogP contribution in [0.2, 0.25) is 5.15 Å². The van der Waals surface area contributed by atoms with Gasteiger partial charge in [-0.25, -0.2) is 4.98 Å². The molecule has 0 amide bonds.